The zero-order chi connectivity index (χ0) is 21.7. The number of rotatable bonds is 7. The van der Waals surface area contributed by atoms with Crippen LogP contribution in [0, 0.1) is 0 Å². The average molecular weight is 431 g/mol. The average Bonchev–Trinajstić information content (AvgIpc) is 2.71. The Hall–Kier alpha value is -3.33. The van der Waals surface area contributed by atoms with Crippen molar-refractivity contribution in [3.63, 3.8) is 0 Å². The summed E-state index contributed by atoms with van der Waals surface area (Å²) in [5, 5.41) is 0. The maximum absolute atomic E-state index is 12.4. The van der Waals surface area contributed by atoms with E-state index in [9.17, 15) is 18.0 Å². The van der Waals surface area contributed by atoms with Crippen LogP contribution in [0.1, 0.15) is 22.8 Å². The molecule has 0 fully saturated rings. The number of Topliss-reactive ketones (excluding diaryl/α,β-unsaturated/α-hetero) is 1. The van der Waals surface area contributed by atoms with Crippen molar-refractivity contribution in [2.45, 2.75) is 13.0 Å². The lowest BCUT2D eigenvalue weighted by Crippen LogP contribution is -2.23. The number of carbonyl (C=O) groups excluding carboxylic acids is 2. The molecular weight excluding hydrogens is 410 g/mol. The van der Waals surface area contributed by atoms with Crippen molar-refractivity contribution >= 4 is 33.5 Å². The van der Waals surface area contributed by atoms with E-state index in [2.05, 4.69) is 4.72 Å². The number of hydrogen-bond donors (Lipinski definition) is 1. The predicted octanol–water partition coefficient (Wildman–Crippen LogP) is 2.66. The summed E-state index contributed by atoms with van der Waals surface area (Å²) < 4.78 is 40.9. The fourth-order valence-electron chi connectivity index (χ4n) is 2.75. The van der Waals surface area contributed by atoms with Crippen LogP contribution in [0.3, 0.4) is 0 Å². The van der Waals surface area contributed by atoms with Gasteiger partial charge in [0.25, 0.3) is 0 Å². The lowest BCUT2D eigenvalue weighted by atomic mass is 10.1. The summed E-state index contributed by atoms with van der Waals surface area (Å²) in [6.45, 7) is 2.44. The number of ether oxygens (including phenoxy) is 3. The molecule has 158 valence electrons. The van der Waals surface area contributed by atoms with E-state index >= 15 is 0 Å². The predicted molar refractivity (Wildman–Crippen MR) is 111 cm³/mol. The van der Waals surface area contributed by atoms with Gasteiger partial charge in [-0.25, -0.2) is 13.2 Å². The van der Waals surface area contributed by atoms with Gasteiger partial charge in [0.1, 0.15) is 13.2 Å². The molecule has 30 heavy (non-hydrogen) atoms. The van der Waals surface area contributed by atoms with Crippen molar-refractivity contribution < 1.29 is 32.2 Å². The van der Waals surface area contributed by atoms with Crippen LogP contribution in [0.2, 0.25) is 0 Å². The number of benzene rings is 2. The molecular formula is C21H21NO7S. The fraction of sp³-hybridized carbons (Fsp3) is 0.238. The van der Waals surface area contributed by atoms with Gasteiger partial charge >= 0.3 is 5.97 Å². The Morgan fingerprint density at radius 2 is 1.73 bits per heavy atom. The Morgan fingerprint density at radius 1 is 1.07 bits per heavy atom. The number of hydrogen-bond acceptors (Lipinski definition) is 7. The summed E-state index contributed by atoms with van der Waals surface area (Å²) >= 11 is 0. The minimum Gasteiger partial charge on any atom is -0.486 e. The van der Waals surface area contributed by atoms with Crippen LogP contribution in [-0.4, -0.2) is 45.7 Å². The highest BCUT2D eigenvalue weighted by atomic mass is 32.2. The molecule has 0 saturated heterocycles. The van der Waals surface area contributed by atoms with Crippen LogP contribution < -0.4 is 14.2 Å². The second kappa shape index (κ2) is 9.00. The first-order valence-corrected chi connectivity index (χ1v) is 11.0. The van der Waals surface area contributed by atoms with E-state index in [1.165, 1.54) is 37.3 Å². The topological polar surface area (TPSA) is 108 Å². The van der Waals surface area contributed by atoms with E-state index in [0.29, 0.717) is 36.0 Å². The van der Waals surface area contributed by atoms with Crippen molar-refractivity contribution in [3.05, 3.63) is 59.7 Å². The lowest BCUT2D eigenvalue weighted by Gasteiger charge is -2.18. The zero-order valence-corrected chi connectivity index (χ0v) is 17.3. The van der Waals surface area contributed by atoms with Gasteiger partial charge in [0, 0.05) is 17.3 Å². The second-order valence-corrected chi connectivity index (χ2v) is 8.38. The van der Waals surface area contributed by atoms with Gasteiger partial charge in [0.2, 0.25) is 15.8 Å². The van der Waals surface area contributed by atoms with Gasteiger partial charge in [-0.1, -0.05) is 6.07 Å². The summed E-state index contributed by atoms with van der Waals surface area (Å²) in [5.41, 5.74) is 1.36. The summed E-state index contributed by atoms with van der Waals surface area (Å²) in [6, 6.07) is 11.1. The Labute approximate surface area is 174 Å². The minimum absolute atomic E-state index is 0.296. The molecule has 1 aliphatic heterocycles. The molecule has 1 N–H and O–H groups in total. The van der Waals surface area contributed by atoms with Gasteiger partial charge in [0.15, 0.2) is 17.6 Å². The number of sulfonamides is 1. The Balaban J connectivity index is 1.58. The molecule has 1 unspecified atom stereocenters. The molecule has 0 bridgehead atoms. The quantitative estimate of drug-likeness (QED) is 0.408. The van der Waals surface area contributed by atoms with Gasteiger partial charge in [-0.2, -0.15) is 0 Å². The van der Waals surface area contributed by atoms with Crippen LogP contribution >= 0.6 is 0 Å². The van der Waals surface area contributed by atoms with Crippen molar-refractivity contribution in [2.75, 3.05) is 24.2 Å². The molecule has 9 heteroatoms. The molecule has 0 amide bonds. The van der Waals surface area contributed by atoms with Gasteiger partial charge in [-0.15, -0.1) is 0 Å². The molecule has 0 radical (unpaired) electrons. The smallest absolute Gasteiger partial charge is 0.331 e. The van der Waals surface area contributed by atoms with Crippen LogP contribution in [0.15, 0.2) is 48.5 Å². The molecule has 0 spiro atoms. The SMILES string of the molecule is CC(OC(=O)/C=C/c1ccc2c(c1)OCCO2)C(=O)c1ccc(NS(C)(=O)=O)cc1. The molecule has 0 aromatic heterocycles. The van der Waals surface area contributed by atoms with Crippen LogP contribution in [0.25, 0.3) is 6.08 Å². The monoisotopic (exact) mass is 431 g/mol. The van der Waals surface area contributed by atoms with Crippen molar-refractivity contribution in [1.29, 1.82) is 0 Å². The van der Waals surface area contributed by atoms with Crippen molar-refractivity contribution in [1.82, 2.24) is 0 Å². The van der Waals surface area contributed by atoms with Crippen molar-refractivity contribution in [2.24, 2.45) is 0 Å². The van der Waals surface area contributed by atoms with Crippen LogP contribution in [0.5, 0.6) is 11.5 Å². The summed E-state index contributed by atoms with van der Waals surface area (Å²) in [7, 11) is -3.40. The van der Waals surface area contributed by atoms with Gasteiger partial charge < -0.3 is 14.2 Å². The first-order valence-electron chi connectivity index (χ1n) is 9.12. The van der Waals surface area contributed by atoms with E-state index < -0.39 is 27.9 Å². The number of ketones is 1. The number of carbonyl (C=O) groups is 2. The van der Waals surface area contributed by atoms with Gasteiger partial charge in [0.05, 0.1) is 6.26 Å². The van der Waals surface area contributed by atoms with Gasteiger partial charge in [-0.05, 0) is 55.0 Å². The Kier molecular flexibility index (Phi) is 6.41. The standard InChI is InChI=1S/C21H21NO7S/c1-14(21(24)16-5-7-17(8-6-16)22-30(2,25)26)29-20(23)10-4-15-3-9-18-19(13-15)28-12-11-27-18/h3-10,13-14,22H,11-12H2,1-2H3/b10-4+. The van der Waals surface area contributed by atoms with E-state index in [-0.39, 0.29) is 0 Å². The first-order chi connectivity index (χ1) is 14.2. The summed E-state index contributed by atoms with van der Waals surface area (Å²) in [6.07, 6.45) is 2.82. The first kappa shape index (κ1) is 21.4. The van der Waals surface area contributed by atoms with E-state index in [4.69, 9.17) is 14.2 Å². The fourth-order valence-corrected chi connectivity index (χ4v) is 3.31. The highest BCUT2D eigenvalue weighted by Crippen LogP contribution is 2.31. The molecule has 1 atom stereocenters. The third kappa shape index (κ3) is 5.84. The van der Waals surface area contributed by atoms with Crippen LogP contribution in [-0.2, 0) is 19.6 Å². The minimum atomic E-state index is -3.40. The number of esters is 1. The van der Waals surface area contributed by atoms with Crippen molar-refractivity contribution in [3.8, 4) is 11.5 Å². The molecule has 0 saturated carbocycles. The van der Waals surface area contributed by atoms with E-state index in [1.54, 1.807) is 24.3 Å². The highest BCUT2D eigenvalue weighted by Gasteiger charge is 2.19. The van der Waals surface area contributed by atoms with Crippen LogP contribution in [0.4, 0.5) is 5.69 Å². The Morgan fingerprint density at radius 3 is 2.40 bits per heavy atom. The third-order valence-electron chi connectivity index (χ3n) is 4.11. The molecule has 2 aromatic rings. The largest absolute Gasteiger partial charge is 0.486 e. The zero-order valence-electron chi connectivity index (χ0n) is 16.5. The third-order valence-corrected chi connectivity index (χ3v) is 4.72. The maximum atomic E-state index is 12.4. The molecule has 1 aliphatic rings. The second-order valence-electron chi connectivity index (χ2n) is 6.63. The molecule has 8 nitrogen and oxygen atoms in total. The van der Waals surface area contributed by atoms with Gasteiger partial charge in [-0.3, -0.25) is 9.52 Å². The maximum Gasteiger partial charge on any atom is 0.331 e. The van der Waals surface area contributed by atoms with E-state index in [1.807, 2.05) is 0 Å². The molecule has 1 heterocycles. The highest BCUT2D eigenvalue weighted by molar-refractivity contribution is 7.92. The number of fused-ring (bicyclic) bond motifs is 1. The summed E-state index contributed by atoms with van der Waals surface area (Å²) in [5.74, 6) is 0.190. The number of anilines is 1. The molecule has 2 aromatic carbocycles. The normalized spacial score (nSPS) is 14.2. The molecule has 0 aliphatic carbocycles. The Bertz CT molecular complexity index is 1080. The number of nitrogens with one attached hydrogen (secondary N) is 1. The lowest BCUT2D eigenvalue weighted by molar-refractivity contribution is -0.140. The van der Waals surface area contributed by atoms with E-state index in [0.717, 1.165) is 11.8 Å². The summed E-state index contributed by atoms with van der Waals surface area (Å²) in [4.78, 5) is 24.5. The molecule has 3 rings (SSSR count).